The second kappa shape index (κ2) is 8.08. The molecule has 1 amide bonds. The number of hydrogen-bond donors (Lipinski definition) is 1. The largest absolute Gasteiger partial charge is 0.416 e. The van der Waals surface area contributed by atoms with Gasteiger partial charge in [0, 0.05) is 13.1 Å². The predicted octanol–water partition coefficient (Wildman–Crippen LogP) is 2.69. The fourth-order valence-corrected chi connectivity index (χ4v) is 2.98. The molecule has 0 spiro atoms. The molecule has 0 bridgehead atoms. The van der Waals surface area contributed by atoms with Crippen LogP contribution in [0.4, 0.5) is 19.0 Å². The van der Waals surface area contributed by atoms with Crippen LogP contribution >= 0.6 is 11.6 Å². The maximum atomic E-state index is 12.8. The molecule has 0 atom stereocenters. The van der Waals surface area contributed by atoms with Crippen molar-refractivity contribution in [3.63, 3.8) is 0 Å². The van der Waals surface area contributed by atoms with Gasteiger partial charge in [0.25, 0.3) is 0 Å². The van der Waals surface area contributed by atoms with Crippen LogP contribution in [-0.4, -0.2) is 53.4 Å². The van der Waals surface area contributed by atoms with Crippen LogP contribution < -0.4 is 5.32 Å². The molecule has 1 saturated heterocycles. The molecule has 2 heterocycles. The van der Waals surface area contributed by atoms with Crippen LogP contribution in [-0.2, 0) is 15.7 Å². The Balaban J connectivity index is 1.85. The molecule has 148 valence electrons. The molecule has 11 heteroatoms. The Morgan fingerprint density at radius 1 is 1.36 bits per heavy atom. The van der Waals surface area contributed by atoms with Gasteiger partial charge in [-0.25, -0.2) is 4.68 Å². The number of halogens is 4. The zero-order chi connectivity index (χ0) is 20.3. The molecular formula is C17H15ClF3N5O2. The average molecular weight is 414 g/mol. The number of morpholine rings is 1. The van der Waals surface area contributed by atoms with E-state index in [2.05, 4.69) is 10.4 Å². The summed E-state index contributed by atoms with van der Waals surface area (Å²) in [7, 11) is 0. The highest BCUT2D eigenvalue weighted by atomic mass is 35.5. The lowest BCUT2D eigenvalue weighted by molar-refractivity contribution is -0.137. The van der Waals surface area contributed by atoms with Crippen LogP contribution in [0.25, 0.3) is 5.69 Å². The number of carbonyl (C=O) groups excluding carboxylic acids is 1. The molecule has 0 aliphatic carbocycles. The molecule has 2 aromatic rings. The van der Waals surface area contributed by atoms with E-state index in [4.69, 9.17) is 16.3 Å². The Morgan fingerprint density at radius 3 is 2.68 bits per heavy atom. The third-order valence-electron chi connectivity index (χ3n) is 4.16. The van der Waals surface area contributed by atoms with E-state index in [0.29, 0.717) is 26.3 Å². The molecule has 1 aliphatic heterocycles. The van der Waals surface area contributed by atoms with Crippen molar-refractivity contribution in [3.8, 4) is 11.8 Å². The third-order valence-corrected chi connectivity index (χ3v) is 4.47. The number of nitrogens with one attached hydrogen (secondary N) is 1. The molecule has 0 saturated carbocycles. The van der Waals surface area contributed by atoms with Gasteiger partial charge in [-0.1, -0.05) is 11.6 Å². The minimum absolute atomic E-state index is 0.112. The highest BCUT2D eigenvalue weighted by molar-refractivity contribution is 6.32. The minimum Gasteiger partial charge on any atom is -0.378 e. The quantitative estimate of drug-likeness (QED) is 0.833. The van der Waals surface area contributed by atoms with Crippen LogP contribution in [0.3, 0.4) is 0 Å². The smallest absolute Gasteiger partial charge is 0.378 e. The summed E-state index contributed by atoms with van der Waals surface area (Å²) in [6, 6.07) is 4.75. The van der Waals surface area contributed by atoms with Crippen LogP contribution in [0.5, 0.6) is 0 Å². The zero-order valence-electron chi connectivity index (χ0n) is 14.5. The van der Waals surface area contributed by atoms with Gasteiger partial charge >= 0.3 is 6.18 Å². The summed E-state index contributed by atoms with van der Waals surface area (Å²) in [6.45, 7) is 1.73. The summed E-state index contributed by atoms with van der Waals surface area (Å²) in [5.41, 5.74) is -0.617. The second-order valence-electron chi connectivity index (χ2n) is 5.94. The van der Waals surface area contributed by atoms with Gasteiger partial charge in [-0.05, 0) is 18.2 Å². The number of amides is 1. The molecule has 1 aromatic heterocycles. The van der Waals surface area contributed by atoms with E-state index in [-0.39, 0.29) is 34.5 Å². The van der Waals surface area contributed by atoms with Gasteiger partial charge in [0.05, 0.1) is 42.2 Å². The number of anilines is 1. The van der Waals surface area contributed by atoms with Gasteiger partial charge < -0.3 is 15.0 Å². The molecular weight excluding hydrogens is 399 g/mol. The summed E-state index contributed by atoms with van der Waals surface area (Å²) >= 11 is 6.02. The molecule has 28 heavy (non-hydrogen) atoms. The normalized spacial score (nSPS) is 14.6. The number of alkyl halides is 3. The summed E-state index contributed by atoms with van der Waals surface area (Å²) in [4.78, 5) is 13.9. The maximum Gasteiger partial charge on any atom is 0.416 e. The number of nitrogens with zero attached hydrogens (tertiary/aromatic N) is 4. The van der Waals surface area contributed by atoms with Crippen molar-refractivity contribution < 1.29 is 22.7 Å². The number of hydrogen-bond acceptors (Lipinski definition) is 5. The van der Waals surface area contributed by atoms with Crippen molar-refractivity contribution in [1.82, 2.24) is 14.7 Å². The lowest BCUT2D eigenvalue weighted by Crippen LogP contribution is -2.43. The predicted molar refractivity (Wildman–Crippen MR) is 94.2 cm³/mol. The number of benzene rings is 1. The van der Waals surface area contributed by atoms with Gasteiger partial charge in [0.1, 0.15) is 17.5 Å². The Bertz CT molecular complexity index is 916. The summed E-state index contributed by atoms with van der Waals surface area (Å²) in [5, 5.41) is 16.0. The zero-order valence-corrected chi connectivity index (χ0v) is 15.2. The van der Waals surface area contributed by atoms with Gasteiger partial charge in [-0.3, -0.25) is 4.79 Å². The molecule has 0 unspecified atom stereocenters. The van der Waals surface area contributed by atoms with Gasteiger partial charge in [0.15, 0.2) is 0 Å². The highest BCUT2D eigenvalue weighted by Gasteiger charge is 2.31. The van der Waals surface area contributed by atoms with E-state index in [0.717, 1.165) is 18.2 Å². The number of carbonyl (C=O) groups is 1. The van der Waals surface area contributed by atoms with Crippen LogP contribution in [0.2, 0.25) is 5.02 Å². The molecule has 0 radical (unpaired) electrons. The number of ether oxygens (including phenoxy) is 1. The van der Waals surface area contributed by atoms with Crippen molar-refractivity contribution in [2.75, 3.05) is 38.2 Å². The van der Waals surface area contributed by atoms with E-state index in [1.54, 1.807) is 4.90 Å². The molecule has 1 aliphatic rings. The van der Waals surface area contributed by atoms with Crippen molar-refractivity contribution in [1.29, 1.82) is 5.26 Å². The Labute approximate surface area is 163 Å². The van der Waals surface area contributed by atoms with Crippen molar-refractivity contribution in [3.05, 3.63) is 40.5 Å². The topological polar surface area (TPSA) is 83.2 Å². The lowest BCUT2D eigenvalue weighted by atomic mass is 10.2. The van der Waals surface area contributed by atoms with Crippen molar-refractivity contribution in [2.45, 2.75) is 6.18 Å². The molecule has 1 aromatic carbocycles. The monoisotopic (exact) mass is 413 g/mol. The molecule has 7 nitrogen and oxygen atoms in total. The first kappa shape index (κ1) is 20.0. The fourth-order valence-electron chi connectivity index (χ4n) is 2.72. The van der Waals surface area contributed by atoms with Gasteiger partial charge in [-0.2, -0.15) is 23.5 Å². The SMILES string of the molecule is N#Cc1cnn(-c2ccc(C(F)(F)F)cc2Cl)c1NCC(=O)N1CCOCC1. The Morgan fingerprint density at radius 2 is 2.07 bits per heavy atom. The summed E-state index contributed by atoms with van der Waals surface area (Å²) in [6.07, 6.45) is -3.29. The first-order chi connectivity index (χ1) is 13.3. The molecule has 1 fully saturated rings. The van der Waals surface area contributed by atoms with Crippen molar-refractivity contribution >= 4 is 23.3 Å². The molecule has 3 rings (SSSR count). The standard InChI is InChI=1S/C17H15ClF3N5O2/c18-13-7-12(17(19,20)21)1-2-14(13)26-16(11(8-22)9-24-26)23-10-15(27)25-3-5-28-6-4-25/h1-2,7,9,23H,3-6,10H2. The van der Waals surface area contributed by atoms with E-state index < -0.39 is 11.7 Å². The molecule has 1 N–H and O–H groups in total. The van der Waals surface area contributed by atoms with E-state index >= 15 is 0 Å². The fraction of sp³-hybridized carbons (Fsp3) is 0.353. The average Bonchev–Trinajstić information content (AvgIpc) is 3.08. The van der Waals surface area contributed by atoms with E-state index in [1.807, 2.05) is 6.07 Å². The van der Waals surface area contributed by atoms with Crippen molar-refractivity contribution in [2.24, 2.45) is 0 Å². The van der Waals surface area contributed by atoms with Gasteiger partial charge in [0.2, 0.25) is 5.91 Å². The Kier molecular flexibility index (Phi) is 5.76. The highest BCUT2D eigenvalue weighted by Crippen LogP contribution is 2.34. The third kappa shape index (κ3) is 4.21. The number of rotatable bonds is 4. The second-order valence-corrected chi connectivity index (χ2v) is 6.35. The lowest BCUT2D eigenvalue weighted by Gasteiger charge is -2.27. The van der Waals surface area contributed by atoms with E-state index in [9.17, 15) is 23.2 Å². The van der Waals surface area contributed by atoms with Crippen LogP contribution in [0, 0.1) is 11.3 Å². The van der Waals surface area contributed by atoms with Gasteiger partial charge in [-0.15, -0.1) is 0 Å². The summed E-state index contributed by atoms with van der Waals surface area (Å²) < 4.78 is 44.9. The maximum absolute atomic E-state index is 12.8. The first-order valence-corrected chi connectivity index (χ1v) is 8.63. The van der Waals surface area contributed by atoms with E-state index in [1.165, 1.54) is 10.9 Å². The summed E-state index contributed by atoms with van der Waals surface area (Å²) in [5.74, 6) is -0.0239. The number of aromatic nitrogens is 2. The number of nitriles is 1. The first-order valence-electron chi connectivity index (χ1n) is 8.26. The van der Waals surface area contributed by atoms with Crippen LogP contribution in [0.15, 0.2) is 24.4 Å². The Hall–Kier alpha value is -2.77. The minimum atomic E-state index is -4.53. The van der Waals surface area contributed by atoms with Crippen LogP contribution in [0.1, 0.15) is 11.1 Å².